The van der Waals surface area contributed by atoms with Gasteiger partial charge in [0.25, 0.3) is 0 Å². The first kappa shape index (κ1) is 21.0. The lowest BCUT2D eigenvalue weighted by Crippen LogP contribution is -2.45. The van der Waals surface area contributed by atoms with Gasteiger partial charge in [0.15, 0.2) is 0 Å². The number of nitrogens with one attached hydrogen (secondary N) is 2. The molecule has 21 heavy (non-hydrogen) atoms. The van der Waals surface area contributed by atoms with Crippen molar-refractivity contribution in [2.24, 2.45) is 5.92 Å². The van der Waals surface area contributed by atoms with Gasteiger partial charge in [-0.05, 0) is 46.1 Å². The van der Waals surface area contributed by atoms with Crippen LogP contribution in [0.15, 0.2) is 0 Å². The number of likely N-dealkylation sites (N-methyl/N-ethyl adjacent to an activating group) is 1. The van der Waals surface area contributed by atoms with Crippen molar-refractivity contribution in [2.75, 3.05) is 20.1 Å². The van der Waals surface area contributed by atoms with Gasteiger partial charge in [-0.1, -0.05) is 12.8 Å². The lowest BCUT2D eigenvalue weighted by molar-refractivity contribution is -0.122. The standard InChI is InChI=1S/C15H29N3O.2ClH/c1-11(2)18(3)9-8-16-15(19)14-10-12-6-4-5-7-13(12)17-14;;/h11-14,17H,4-10H2,1-3H3,(H,16,19);2*1H. The summed E-state index contributed by atoms with van der Waals surface area (Å²) in [6, 6.07) is 1.18. The van der Waals surface area contributed by atoms with Crippen molar-refractivity contribution < 1.29 is 4.79 Å². The number of carbonyl (C=O) groups excluding carboxylic acids is 1. The summed E-state index contributed by atoms with van der Waals surface area (Å²) >= 11 is 0. The van der Waals surface area contributed by atoms with E-state index < -0.39 is 0 Å². The predicted molar refractivity (Wildman–Crippen MR) is 92.6 cm³/mol. The molecular weight excluding hydrogens is 309 g/mol. The molecular formula is C15H31Cl2N3O. The van der Waals surface area contributed by atoms with E-state index in [1.54, 1.807) is 0 Å². The van der Waals surface area contributed by atoms with Crippen molar-refractivity contribution in [3.8, 4) is 0 Å². The maximum absolute atomic E-state index is 12.1. The van der Waals surface area contributed by atoms with Crippen LogP contribution < -0.4 is 10.6 Å². The Bertz CT molecular complexity index is 301. The third-order valence-corrected chi connectivity index (χ3v) is 4.82. The van der Waals surface area contributed by atoms with E-state index in [9.17, 15) is 4.79 Å². The summed E-state index contributed by atoms with van der Waals surface area (Å²) in [5, 5.41) is 6.60. The Morgan fingerprint density at radius 1 is 1.29 bits per heavy atom. The summed E-state index contributed by atoms with van der Waals surface area (Å²) in [5.41, 5.74) is 0. The van der Waals surface area contributed by atoms with Gasteiger partial charge in [-0.3, -0.25) is 4.79 Å². The van der Waals surface area contributed by atoms with Crippen LogP contribution >= 0.6 is 24.8 Å². The van der Waals surface area contributed by atoms with Crippen LogP contribution in [0.4, 0.5) is 0 Å². The number of carbonyl (C=O) groups is 1. The topological polar surface area (TPSA) is 44.4 Å². The second-order valence-electron chi connectivity index (χ2n) is 6.47. The van der Waals surface area contributed by atoms with Gasteiger partial charge in [-0.25, -0.2) is 0 Å². The van der Waals surface area contributed by atoms with E-state index in [2.05, 4.69) is 36.4 Å². The fraction of sp³-hybridized carbons (Fsp3) is 0.933. The smallest absolute Gasteiger partial charge is 0.237 e. The molecule has 0 radical (unpaired) electrons. The number of hydrogen-bond acceptors (Lipinski definition) is 3. The van der Waals surface area contributed by atoms with Gasteiger partial charge in [0.05, 0.1) is 6.04 Å². The molecule has 1 aliphatic carbocycles. The molecule has 4 nitrogen and oxygen atoms in total. The number of amides is 1. The highest BCUT2D eigenvalue weighted by atomic mass is 35.5. The van der Waals surface area contributed by atoms with Gasteiger partial charge in [0.1, 0.15) is 0 Å². The molecule has 1 amide bonds. The van der Waals surface area contributed by atoms with E-state index in [0.29, 0.717) is 12.1 Å². The zero-order chi connectivity index (χ0) is 13.8. The van der Waals surface area contributed by atoms with E-state index in [0.717, 1.165) is 25.4 Å². The highest BCUT2D eigenvalue weighted by Gasteiger charge is 2.37. The predicted octanol–water partition coefficient (Wildman–Crippen LogP) is 2.21. The summed E-state index contributed by atoms with van der Waals surface area (Å²) in [6.07, 6.45) is 6.26. The Hall–Kier alpha value is -0.0300. The molecule has 2 aliphatic rings. The molecule has 1 heterocycles. The first-order chi connectivity index (χ1) is 9.08. The molecule has 0 aromatic rings. The molecule has 2 fully saturated rings. The van der Waals surface area contributed by atoms with Gasteiger partial charge in [0, 0.05) is 25.2 Å². The third kappa shape index (κ3) is 5.93. The van der Waals surface area contributed by atoms with Gasteiger partial charge in [-0.2, -0.15) is 0 Å². The average Bonchev–Trinajstić information content (AvgIpc) is 2.82. The van der Waals surface area contributed by atoms with Crippen LogP contribution in [0.3, 0.4) is 0 Å². The van der Waals surface area contributed by atoms with Crippen LogP contribution in [0.2, 0.25) is 0 Å². The minimum absolute atomic E-state index is 0. The molecule has 0 aromatic carbocycles. The molecule has 0 spiro atoms. The summed E-state index contributed by atoms with van der Waals surface area (Å²) in [7, 11) is 2.10. The molecule has 1 saturated heterocycles. The minimum atomic E-state index is 0. The maximum atomic E-state index is 12.1. The van der Waals surface area contributed by atoms with Crippen LogP contribution in [0, 0.1) is 5.92 Å². The Kier molecular flexibility index (Phi) is 9.87. The number of halogens is 2. The van der Waals surface area contributed by atoms with Crippen LogP contribution in [-0.4, -0.2) is 49.1 Å². The second kappa shape index (κ2) is 9.88. The zero-order valence-electron chi connectivity index (χ0n) is 13.4. The van der Waals surface area contributed by atoms with Crippen LogP contribution in [0.25, 0.3) is 0 Å². The van der Waals surface area contributed by atoms with E-state index in [4.69, 9.17) is 0 Å². The van der Waals surface area contributed by atoms with Gasteiger partial charge in [-0.15, -0.1) is 24.8 Å². The molecule has 2 N–H and O–H groups in total. The highest BCUT2D eigenvalue weighted by Crippen LogP contribution is 2.33. The molecule has 3 atom stereocenters. The molecule has 6 heteroatoms. The van der Waals surface area contributed by atoms with Crippen molar-refractivity contribution in [3.63, 3.8) is 0 Å². The zero-order valence-corrected chi connectivity index (χ0v) is 15.1. The number of nitrogens with zero attached hydrogens (tertiary/aromatic N) is 1. The van der Waals surface area contributed by atoms with Crippen molar-refractivity contribution in [1.29, 1.82) is 0 Å². The quantitative estimate of drug-likeness (QED) is 0.807. The van der Waals surface area contributed by atoms with E-state index in [1.807, 2.05) is 0 Å². The molecule has 3 unspecified atom stereocenters. The van der Waals surface area contributed by atoms with Crippen molar-refractivity contribution in [2.45, 2.75) is 64.1 Å². The second-order valence-corrected chi connectivity index (χ2v) is 6.47. The van der Waals surface area contributed by atoms with E-state index in [-0.39, 0.29) is 36.8 Å². The average molecular weight is 340 g/mol. The summed E-state index contributed by atoms with van der Waals surface area (Å²) < 4.78 is 0. The number of hydrogen-bond donors (Lipinski definition) is 2. The van der Waals surface area contributed by atoms with Crippen LogP contribution in [0.1, 0.15) is 46.0 Å². The Labute approximate surface area is 141 Å². The monoisotopic (exact) mass is 339 g/mol. The van der Waals surface area contributed by atoms with E-state index in [1.165, 1.54) is 25.7 Å². The van der Waals surface area contributed by atoms with Gasteiger partial charge < -0.3 is 15.5 Å². The first-order valence-corrected chi connectivity index (χ1v) is 7.82. The summed E-state index contributed by atoms with van der Waals surface area (Å²) in [4.78, 5) is 14.4. The SMILES string of the molecule is CC(C)N(C)CCNC(=O)C1CC2CCCCC2N1.Cl.Cl. The minimum Gasteiger partial charge on any atom is -0.353 e. The normalized spacial score (nSPS) is 27.8. The number of fused-ring (bicyclic) bond motifs is 1. The Morgan fingerprint density at radius 2 is 1.95 bits per heavy atom. The Balaban J connectivity index is 0.00000200. The third-order valence-electron chi connectivity index (χ3n) is 4.82. The van der Waals surface area contributed by atoms with E-state index >= 15 is 0 Å². The maximum Gasteiger partial charge on any atom is 0.237 e. The summed E-state index contributed by atoms with van der Waals surface area (Å²) in [6.45, 7) is 6.01. The van der Waals surface area contributed by atoms with Gasteiger partial charge >= 0.3 is 0 Å². The fourth-order valence-electron chi connectivity index (χ4n) is 3.26. The Morgan fingerprint density at radius 3 is 2.57 bits per heavy atom. The molecule has 2 rings (SSSR count). The lowest BCUT2D eigenvalue weighted by atomic mass is 9.85. The molecule has 126 valence electrons. The van der Waals surface area contributed by atoms with Crippen LogP contribution in [-0.2, 0) is 4.79 Å². The van der Waals surface area contributed by atoms with Crippen LogP contribution in [0.5, 0.6) is 0 Å². The highest BCUT2D eigenvalue weighted by molar-refractivity contribution is 5.85. The molecule has 0 aromatic heterocycles. The van der Waals surface area contributed by atoms with Crippen molar-refractivity contribution in [3.05, 3.63) is 0 Å². The summed E-state index contributed by atoms with van der Waals surface area (Å²) in [5.74, 6) is 0.939. The van der Waals surface area contributed by atoms with Gasteiger partial charge in [0.2, 0.25) is 5.91 Å². The van der Waals surface area contributed by atoms with Crippen molar-refractivity contribution in [1.82, 2.24) is 15.5 Å². The number of rotatable bonds is 5. The molecule has 1 saturated carbocycles. The largest absolute Gasteiger partial charge is 0.353 e. The first-order valence-electron chi connectivity index (χ1n) is 7.82. The fourth-order valence-corrected chi connectivity index (χ4v) is 3.26. The molecule has 0 bridgehead atoms. The van der Waals surface area contributed by atoms with Crippen molar-refractivity contribution >= 4 is 30.7 Å². The lowest BCUT2D eigenvalue weighted by Gasteiger charge is -2.24. The molecule has 1 aliphatic heterocycles.